The van der Waals surface area contributed by atoms with Crippen molar-refractivity contribution >= 4 is 23.8 Å². The number of esters is 1. The number of benzene rings is 3. The van der Waals surface area contributed by atoms with Gasteiger partial charge in [0.05, 0.1) is 17.4 Å². The quantitative estimate of drug-likeness (QED) is 0.172. The number of alkyl carbamates (subject to hydrolysis) is 1. The van der Waals surface area contributed by atoms with Gasteiger partial charge in [0.2, 0.25) is 0 Å². The molecule has 1 amide bonds. The Hall–Kier alpha value is -3.51. The first-order valence-corrected chi connectivity index (χ1v) is 13.8. The molecule has 3 rings (SSSR count). The molecule has 0 saturated carbocycles. The first-order chi connectivity index (χ1) is 18.2. The highest BCUT2D eigenvalue weighted by molar-refractivity contribution is 8.00. The van der Waals surface area contributed by atoms with E-state index >= 15 is 0 Å². The van der Waals surface area contributed by atoms with Crippen LogP contribution in [0.3, 0.4) is 0 Å². The standard InChI is InChI=1S/C32H37NO4S/c1-6-36-29(34)24(2)22-28(33-30(35)37-31(3,4)5)23-38-32(25-16-10-7-11-17-25,26-18-12-8-13-19-26)27-20-14-9-15-21-27/h7-22,28H,6,23H2,1-5H3,(H,33,35)/b24-22+/t28-/m0/s1. The summed E-state index contributed by atoms with van der Waals surface area (Å²) in [5.41, 5.74) is 3.13. The Kier molecular flexibility index (Phi) is 10.2. The van der Waals surface area contributed by atoms with Crippen LogP contribution in [0, 0.1) is 0 Å². The lowest BCUT2D eigenvalue weighted by molar-refractivity contribution is -0.138. The van der Waals surface area contributed by atoms with Crippen molar-refractivity contribution < 1.29 is 19.1 Å². The van der Waals surface area contributed by atoms with E-state index in [0.717, 1.165) is 16.7 Å². The SMILES string of the molecule is CCOC(=O)/C(C)=C/[C@@H](CSC(c1ccccc1)(c1ccccc1)c1ccccc1)NC(=O)OC(C)(C)C. The molecule has 0 spiro atoms. The molecule has 0 aliphatic heterocycles. The molecule has 0 aliphatic carbocycles. The van der Waals surface area contributed by atoms with Gasteiger partial charge in [0.25, 0.3) is 0 Å². The summed E-state index contributed by atoms with van der Waals surface area (Å²) in [5, 5.41) is 2.96. The van der Waals surface area contributed by atoms with Gasteiger partial charge in [0.15, 0.2) is 0 Å². The largest absolute Gasteiger partial charge is 0.463 e. The Morgan fingerprint density at radius 3 is 1.68 bits per heavy atom. The molecule has 3 aromatic rings. The average molecular weight is 532 g/mol. The average Bonchev–Trinajstić information content (AvgIpc) is 2.90. The van der Waals surface area contributed by atoms with Crippen molar-refractivity contribution in [2.45, 2.75) is 51.0 Å². The van der Waals surface area contributed by atoms with E-state index in [9.17, 15) is 9.59 Å². The van der Waals surface area contributed by atoms with Crippen LogP contribution in [-0.4, -0.2) is 36.1 Å². The van der Waals surface area contributed by atoms with E-state index in [1.165, 1.54) is 0 Å². The highest BCUT2D eigenvalue weighted by Crippen LogP contribution is 2.48. The minimum atomic E-state index is -0.649. The number of thioether (sulfide) groups is 1. The molecule has 0 fully saturated rings. The minimum Gasteiger partial charge on any atom is -0.463 e. The third-order valence-electron chi connectivity index (χ3n) is 5.77. The van der Waals surface area contributed by atoms with Crippen LogP contribution in [0.25, 0.3) is 0 Å². The van der Waals surface area contributed by atoms with Crippen molar-refractivity contribution in [3.8, 4) is 0 Å². The third kappa shape index (κ3) is 7.75. The molecule has 0 aromatic heterocycles. The van der Waals surface area contributed by atoms with Crippen molar-refractivity contribution in [2.24, 2.45) is 0 Å². The van der Waals surface area contributed by atoms with Crippen LogP contribution < -0.4 is 5.32 Å². The van der Waals surface area contributed by atoms with E-state index < -0.39 is 28.5 Å². The lowest BCUT2D eigenvalue weighted by Crippen LogP contribution is -2.41. The molecule has 200 valence electrons. The molecule has 1 N–H and O–H groups in total. The van der Waals surface area contributed by atoms with Gasteiger partial charge in [0.1, 0.15) is 5.60 Å². The Bertz CT molecular complexity index is 1110. The molecule has 0 bridgehead atoms. The molecule has 5 nitrogen and oxygen atoms in total. The fraction of sp³-hybridized carbons (Fsp3) is 0.312. The second-order valence-corrected chi connectivity index (χ2v) is 11.1. The number of ether oxygens (including phenoxy) is 2. The number of nitrogens with one attached hydrogen (secondary N) is 1. The molecule has 3 aromatic carbocycles. The minimum absolute atomic E-state index is 0.280. The highest BCUT2D eigenvalue weighted by Gasteiger charge is 2.37. The van der Waals surface area contributed by atoms with E-state index in [1.807, 2.05) is 75.4 Å². The van der Waals surface area contributed by atoms with Crippen molar-refractivity contribution in [3.63, 3.8) is 0 Å². The molecular weight excluding hydrogens is 494 g/mol. The molecule has 0 unspecified atom stereocenters. The molecule has 0 heterocycles. The smallest absolute Gasteiger partial charge is 0.408 e. The summed E-state index contributed by atoms with van der Waals surface area (Å²) in [6.45, 7) is 9.21. The maximum absolute atomic E-state index is 12.8. The van der Waals surface area contributed by atoms with Gasteiger partial charge >= 0.3 is 12.1 Å². The molecular formula is C32H37NO4S. The van der Waals surface area contributed by atoms with Gasteiger partial charge in [-0.2, -0.15) is 0 Å². The van der Waals surface area contributed by atoms with Crippen LogP contribution in [0.15, 0.2) is 103 Å². The fourth-order valence-corrected chi connectivity index (χ4v) is 5.71. The molecule has 0 aliphatic rings. The van der Waals surface area contributed by atoms with Crippen LogP contribution in [0.5, 0.6) is 0 Å². The van der Waals surface area contributed by atoms with E-state index in [0.29, 0.717) is 11.3 Å². The van der Waals surface area contributed by atoms with E-state index in [-0.39, 0.29) is 6.61 Å². The zero-order valence-corrected chi connectivity index (χ0v) is 23.6. The summed E-state index contributed by atoms with van der Waals surface area (Å²) in [5.74, 6) is 0.0585. The van der Waals surface area contributed by atoms with Crippen LogP contribution in [-0.2, 0) is 19.0 Å². The molecule has 6 heteroatoms. The van der Waals surface area contributed by atoms with Gasteiger partial charge in [-0.3, -0.25) is 0 Å². The number of rotatable bonds is 10. The van der Waals surface area contributed by atoms with Gasteiger partial charge in [-0.05, 0) is 51.3 Å². The first-order valence-electron chi connectivity index (χ1n) is 12.8. The normalized spacial score (nSPS) is 12.9. The Morgan fingerprint density at radius 2 is 1.29 bits per heavy atom. The van der Waals surface area contributed by atoms with Gasteiger partial charge in [0, 0.05) is 11.3 Å². The van der Waals surface area contributed by atoms with Gasteiger partial charge < -0.3 is 14.8 Å². The van der Waals surface area contributed by atoms with Crippen LogP contribution in [0.1, 0.15) is 51.3 Å². The van der Waals surface area contributed by atoms with Gasteiger partial charge in [-0.1, -0.05) is 97.1 Å². The number of hydrogen-bond donors (Lipinski definition) is 1. The predicted molar refractivity (Wildman–Crippen MR) is 155 cm³/mol. The number of carbonyl (C=O) groups excluding carboxylic acids is 2. The third-order valence-corrected chi connectivity index (χ3v) is 7.44. The number of hydrogen-bond acceptors (Lipinski definition) is 5. The summed E-state index contributed by atoms with van der Waals surface area (Å²) in [6, 6.07) is 30.5. The highest BCUT2D eigenvalue weighted by atomic mass is 32.2. The van der Waals surface area contributed by atoms with Crippen molar-refractivity contribution in [3.05, 3.63) is 119 Å². The number of amides is 1. The monoisotopic (exact) mass is 531 g/mol. The summed E-state index contributed by atoms with van der Waals surface area (Å²) in [6.07, 6.45) is 1.21. The van der Waals surface area contributed by atoms with Crippen molar-refractivity contribution in [2.75, 3.05) is 12.4 Å². The molecule has 38 heavy (non-hydrogen) atoms. The van der Waals surface area contributed by atoms with Crippen LogP contribution in [0.2, 0.25) is 0 Å². The number of carbonyl (C=O) groups is 2. The van der Waals surface area contributed by atoms with Gasteiger partial charge in [-0.25, -0.2) is 9.59 Å². The summed E-state index contributed by atoms with van der Waals surface area (Å²) < 4.78 is 10.2. The van der Waals surface area contributed by atoms with Crippen molar-refractivity contribution in [1.29, 1.82) is 0 Å². The summed E-state index contributed by atoms with van der Waals surface area (Å²) in [7, 11) is 0. The topological polar surface area (TPSA) is 64.6 Å². The lowest BCUT2D eigenvalue weighted by Gasteiger charge is -2.36. The maximum Gasteiger partial charge on any atom is 0.408 e. The first kappa shape index (κ1) is 29.1. The van der Waals surface area contributed by atoms with Crippen molar-refractivity contribution in [1.82, 2.24) is 5.32 Å². The van der Waals surface area contributed by atoms with E-state index in [2.05, 4.69) is 41.7 Å². The zero-order valence-electron chi connectivity index (χ0n) is 22.8. The summed E-state index contributed by atoms with van der Waals surface area (Å²) in [4.78, 5) is 25.2. The lowest BCUT2D eigenvalue weighted by atomic mass is 9.84. The summed E-state index contributed by atoms with van der Waals surface area (Å²) >= 11 is 1.70. The molecule has 0 saturated heterocycles. The predicted octanol–water partition coefficient (Wildman–Crippen LogP) is 7.11. The van der Waals surface area contributed by atoms with E-state index in [4.69, 9.17) is 9.47 Å². The van der Waals surface area contributed by atoms with Gasteiger partial charge in [-0.15, -0.1) is 11.8 Å². The second kappa shape index (κ2) is 13.3. The molecule has 0 radical (unpaired) electrons. The van der Waals surface area contributed by atoms with Crippen LogP contribution >= 0.6 is 11.8 Å². The fourth-order valence-electron chi connectivity index (χ4n) is 4.19. The van der Waals surface area contributed by atoms with E-state index in [1.54, 1.807) is 31.7 Å². The Morgan fingerprint density at radius 1 is 0.842 bits per heavy atom. The Labute approximate surface area is 230 Å². The Balaban J connectivity index is 2.07. The maximum atomic E-state index is 12.8. The molecule has 1 atom stereocenters. The zero-order chi connectivity index (χ0) is 27.6. The van der Waals surface area contributed by atoms with Crippen LogP contribution in [0.4, 0.5) is 4.79 Å². The second-order valence-electron chi connectivity index (χ2n) is 9.91.